The number of carbonyl (C=O) groups excluding carboxylic acids is 1. The predicted octanol–water partition coefficient (Wildman–Crippen LogP) is 4.18. The number of halogens is 2. The van der Waals surface area contributed by atoms with Gasteiger partial charge in [-0.1, -0.05) is 29.3 Å². The van der Waals surface area contributed by atoms with E-state index in [-0.39, 0.29) is 18.0 Å². The van der Waals surface area contributed by atoms with Crippen molar-refractivity contribution in [1.29, 1.82) is 0 Å². The summed E-state index contributed by atoms with van der Waals surface area (Å²) in [6.45, 7) is 1.80. The number of rotatable bonds is 6. The van der Waals surface area contributed by atoms with Crippen LogP contribution in [0.5, 0.6) is 0 Å². The Morgan fingerprint density at radius 1 is 1.21 bits per heavy atom. The van der Waals surface area contributed by atoms with Crippen molar-refractivity contribution in [3.8, 4) is 0 Å². The lowest BCUT2D eigenvalue weighted by Crippen LogP contribution is -2.26. The van der Waals surface area contributed by atoms with Crippen LogP contribution in [0.25, 0.3) is 0 Å². The summed E-state index contributed by atoms with van der Waals surface area (Å²) in [5, 5.41) is 9.95. The van der Waals surface area contributed by atoms with Gasteiger partial charge in [0, 0.05) is 13.5 Å². The monoisotopic (exact) mass is 369 g/mol. The number of carboxylic acid groups (broad SMARTS) is 1. The third kappa shape index (κ3) is 4.52. The number of aryl methyl sites for hydroxylation is 2. The number of hydrogen-bond donors (Lipinski definition) is 1. The fourth-order valence-corrected chi connectivity index (χ4v) is 2.61. The number of furan rings is 1. The minimum Gasteiger partial charge on any atom is -0.478 e. The highest BCUT2D eigenvalue weighted by molar-refractivity contribution is 6.42. The van der Waals surface area contributed by atoms with Gasteiger partial charge in [0.15, 0.2) is 0 Å². The third-order valence-corrected chi connectivity index (χ3v) is 4.37. The van der Waals surface area contributed by atoms with E-state index in [1.165, 1.54) is 11.0 Å². The number of hydrogen-bond acceptors (Lipinski definition) is 3. The Labute approximate surface area is 149 Å². The number of amides is 1. The second-order valence-electron chi connectivity index (χ2n) is 5.49. The summed E-state index contributed by atoms with van der Waals surface area (Å²) in [6, 6.07) is 6.72. The topological polar surface area (TPSA) is 70.8 Å². The number of benzene rings is 1. The molecule has 0 fully saturated rings. The molecule has 0 bridgehead atoms. The van der Waals surface area contributed by atoms with Crippen molar-refractivity contribution in [2.24, 2.45) is 0 Å². The van der Waals surface area contributed by atoms with Crippen LogP contribution < -0.4 is 0 Å². The Balaban J connectivity index is 1.93. The van der Waals surface area contributed by atoms with Crippen LogP contribution in [0, 0.1) is 6.92 Å². The minimum atomic E-state index is -1.05. The first kappa shape index (κ1) is 18.4. The summed E-state index contributed by atoms with van der Waals surface area (Å²) >= 11 is 11.8. The Hall–Kier alpha value is -1.98. The molecule has 0 unspecified atom stereocenters. The van der Waals surface area contributed by atoms with E-state index in [1.54, 1.807) is 26.1 Å². The third-order valence-electron chi connectivity index (χ3n) is 3.63. The SMILES string of the molecule is Cc1oc(CN(C)C(=O)CCc2ccc(Cl)c(Cl)c2)cc1C(=O)O. The predicted molar refractivity (Wildman–Crippen MR) is 91.7 cm³/mol. The number of aromatic carboxylic acids is 1. The van der Waals surface area contributed by atoms with Crippen LogP contribution in [0.3, 0.4) is 0 Å². The maximum Gasteiger partial charge on any atom is 0.339 e. The van der Waals surface area contributed by atoms with Gasteiger partial charge in [-0.2, -0.15) is 0 Å². The van der Waals surface area contributed by atoms with E-state index in [9.17, 15) is 9.59 Å². The van der Waals surface area contributed by atoms with E-state index in [0.29, 0.717) is 34.4 Å². The van der Waals surface area contributed by atoms with Gasteiger partial charge in [0.1, 0.15) is 17.1 Å². The van der Waals surface area contributed by atoms with Gasteiger partial charge in [0.05, 0.1) is 16.6 Å². The zero-order valence-electron chi connectivity index (χ0n) is 13.3. The molecule has 1 aromatic carbocycles. The zero-order valence-corrected chi connectivity index (χ0v) is 14.8. The van der Waals surface area contributed by atoms with Crippen LogP contribution in [0.2, 0.25) is 10.0 Å². The summed E-state index contributed by atoms with van der Waals surface area (Å²) in [5.74, 6) is -0.354. The molecule has 1 amide bonds. The smallest absolute Gasteiger partial charge is 0.339 e. The quantitative estimate of drug-likeness (QED) is 0.828. The average molecular weight is 370 g/mol. The number of nitrogens with zero attached hydrogens (tertiary/aromatic N) is 1. The molecule has 7 heteroatoms. The first-order valence-electron chi connectivity index (χ1n) is 7.28. The second-order valence-corrected chi connectivity index (χ2v) is 6.30. The molecule has 0 aliphatic heterocycles. The van der Waals surface area contributed by atoms with Gasteiger partial charge in [0.2, 0.25) is 5.91 Å². The van der Waals surface area contributed by atoms with Crippen molar-refractivity contribution in [1.82, 2.24) is 4.90 Å². The summed E-state index contributed by atoms with van der Waals surface area (Å²) in [7, 11) is 1.65. The molecule has 24 heavy (non-hydrogen) atoms. The van der Waals surface area contributed by atoms with Gasteiger partial charge in [-0.15, -0.1) is 0 Å². The summed E-state index contributed by atoms with van der Waals surface area (Å²) in [5.41, 5.74) is 1.04. The highest BCUT2D eigenvalue weighted by Crippen LogP contribution is 2.23. The standard InChI is InChI=1S/C17H17Cl2NO4/c1-10-13(17(22)23)8-12(24-10)9-20(2)16(21)6-4-11-3-5-14(18)15(19)7-11/h3,5,7-8H,4,6,9H2,1-2H3,(H,22,23). The van der Waals surface area contributed by atoms with Gasteiger partial charge in [0.25, 0.3) is 0 Å². The zero-order chi connectivity index (χ0) is 17.9. The molecular formula is C17H17Cl2NO4. The highest BCUT2D eigenvalue weighted by atomic mass is 35.5. The van der Waals surface area contributed by atoms with Crippen molar-refractivity contribution >= 4 is 35.1 Å². The first-order valence-corrected chi connectivity index (χ1v) is 8.04. The first-order chi connectivity index (χ1) is 11.3. The second kappa shape index (κ2) is 7.73. The molecule has 0 aliphatic rings. The van der Waals surface area contributed by atoms with E-state index in [1.807, 2.05) is 6.07 Å². The molecule has 0 atom stereocenters. The molecule has 0 spiro atoms. The normalized spacial score (nSPS) is 10.7. The molecule has 1 aromatic heterocycles. The molecule has 0 aliphatic carbocycles. The molecule has 128 valence electrons. The summed E-state index contributed by atoms with van der Waals surface area (Å²) in [4.78, 5) is 24.7. The highest BCUT2D eigenvalue weighted by Gasteiger charge is 2.17. The molecule has 2 rings (SSSR count). The molecule has 0 radical (unpaired) electrons. The Bertz CT molecular complexity index is 770. The Kier molecular flexibility index (Phi) is 5.91. The lowest BCUT2D eigenvalue weighted by Gasteiger charge is -2.15. The fourth-order valence-electron chi connectivity index (χ4n) is 2.29. The molecule has 0 saturated heterocycles. The van der Waals surface area contributed by atoms with Crippen molar-refractivity contribution in [3.63, 3.8) is 0 Å². The molecule has 0 saturated carbocycles. The van der Waals surface area contributed by atoms with Gasteiger partial charge in [-0.3, -0.25) is 4.79 Å². The Morgan fingerprint density at radius 2 is 1.92 bits per heavy atom. The van der Waals surface area contributed by atoms with Crippen LogP contribution in [-0.2, 0) is 17.8 Å². The number of carbonyl (C=O) groups is 2. The van der Waals surface area contributed by atoms with Gasteiger partial charge in [-0.05, 0) is 37.1 Å². The maximum atomic E-state index is 12.2. The lowest BCUT2D eigenvalue weighted by molar-refractivity contribution is -0.130. The van der Waals surface area contributed by atoms with Crippen LogP contribution >= 0.6 is 23.2 Å². The lowest BCUT2D eigenvalue weighted by atomic mass is 10.1. The van der Waals surface area contributed by atoms with Crippen LogP contribution in [0.1, 0.15) is 33.9 Å². The van der Waals surface area contributed by atoms with E-state index < -0.39 is 5.97 Å². The van der Waals surface area contributed by atoms with Gasteiger partial charge >= 0.3 is 5.97 Å². The molecular weight excluding hydrogens is 353 g/mol. The molecule has 2 aromatic rings. The minimum absolute atomic E-state index is 0.0769. The maximum absolute atomic E-state index is 12.2. The van der Waals surface area contributed by atoms with E-state index >= 15 is 0 Å². The van der Waals surface area contributed by atoms with E-state index in [4.69, 9.17) is 32.7 Å². The van der Waals surface area contributed by atoms with Crippen molar-refractivity contribution in [2.75, 3.05) is 7.05 Å². The fraction of sp³-hybridized carbons (Fsp3) is 0.294. The van der Waals surface area contributed by atoms with Crippen molar-refractivity contribution < 1.29 is 19.1 Å². The van der Waals surface area contributed by atoms with Crippen LogP contribution in [0.15, 0.2) is 28.7 Å². The van der Waals surface area contributed by atoms with E-state index in [0.717, 1.165) is 5.56 Å². The average Bonchev–Trinajstić information content (AvgIpc) is 2.88. The summed E-state index contributed by atoms with van der Waals surface area (Å²) < 4.78 is 5.38. The molecule has 1 N–H and O–H groups in total. The molecule has 1 heterocycles. The summed E-state index contributed by atoms with van der Waals surface area (Å²) in [6.07, 6.45) is 0.845. The molecule has 5 nitrogen and oxygen atoms in total. The van der Waals surface area contributed by atoms with Crippen LogP contribution in [0.4, 0.5) is 0 Å². The number of carboxylic acids is 1. The largest absolute Gasteiger partial charge is 0.478 e. The van der Waals surface area contributed by atoms with Gasteiger partial charge in [-0.25, -0.2) is 4.79 Å². The van der Waals surface area contributed by atoms with Gasteiger partial charge < -0.3 is 14.4 Å². The van der Waals surface area contributed by atoms with E-state index in [2.05, 4.69) is 0 Å². The van der Waals surface area contributed by atoms with Crippen molar-refractivity contribution in [3.05, 3.63) is 57.0 Å². The Morgan fingerprint density at radius 3 is 2.50 bits per heavy atom. The van der Waals surface area contributed by atoms with Crippen LogP contribution in [-0.4, -0.2) is 28.9 Å². The van der Waals surface area contributed by atoms with Crippen molar-refractivity contribution in [2.45, 2.75) is 26.3 Å².